The Kier molecular flexibility index (Phi) is 2.47. The SMILES string of the molecule is C#CC([NH])C(C)C. The Bertz CT molecular complexity index is 78.7. The normalized spacial score (nSPS) is 13.6. The summed E-state index contributed by atoms with van der Waals surface area (Å²) >= 11 is 0. The van der Waals surface area contributed by atoms with Crippen molar-refractivity contribution < 1.29 is 0 Å². The molecule has 1 heteroatoms. The molecule has 0 aromatic rings. The smallest absolute Gasteiger partial charge is 0.0840 e. The van der Waals surface area contributed by atoms with Gasteiger partial charge >= 0.3 is 0 Å². The van der Waals surface area contributed by atoms with Crippen molar-refractivity contribution >= 4 is 0 Å². The van der Waals surface area contributed by atoms with Crippen molar-refractivity contribution in [3.05, 3.63) is 0 Å². The molecule has 1 radical (unpaired) electrons. The van der Waals surface area contributed by atoms with E-state index in [1.54, 1.807) is 0 Å². The molecule has 0 aromatic heterocycles. The minimum Gasteiger partial charge on any atom is -0.241 e. The summed E-state index contributed by atoms with van der Waals surface area (Å²) in [5.41, 5.74) is 7.04. The van der Waals surface area contributed by atoms with Crippen LogP contribution in [0.25, 0.3) is 0 Å². The van der Waals surface area contributed by atoms with Crippen molar-refractivity contribution in [2.75, 3.05) is 0 Å². The highest BCUT2D eigenvalue weighted by Crippen LogP contribution is 1.95. The molecular formula is C6H10N. The van der Waals surface area contributed by atoms with Crippen LogP contribution in [-0.4, -0.2) is 6.04 Å². The van der Waals surface area contributed by atoms with Gasteiger partial charge in [-0.2, -0.15) is 0 Å². The lowest BCUT2D eigenvalue weighted by Crippen LogP contribution is -2.12. The molecule has 1 nitrogen and oxygen atoms in total. The van der Waals surface area contributed by atoms with E-state index < -0.39 is 0 Å². The van der Waals surface area contributed by atoms with Gasteiger partial charge in [0.25, 0.3) is 0 Å². The van der Waals surface area contributed by atoms with Crippen molar-refractivity contribution in [1.29, 1.82) is 0 Å². The fourth-order valence-corrected chi connectivity index (χ4v) is 0.192. The van der Waals surface area contributed by atoms with Crippen LogP contribution in [0.5, 0.6) is 0 Å². The van der Waals surface area contributed by atoms with E-state index in [0.29, 0.717) is 5.92 Å². The Hall–Kier alpha value is -0.480. The van der Waals surface area contributed by atoms with Gasteiger partial charge in [-0.3, -0.25) is 0 Å². The van der Waals surface area contributed by atoms with E-state index in [4.69, 9.17) is 12.2 Å². The van der Waals surface area contributed by atoms with Crippen LogP contribution >= 0.6 is 0 Å². The lowest BCUT2D eigenvalue weighted by atomic mass is 10.1. The van der Waals surface area contributed by atoms with E-state index in [0.717, 1.165) is 0 Å². The molecule has 0 saturated heterocycles. The first kappa shape index (κ1) is 6.52. The monoisotopic (exact) mass is 96.1 g/mol. The molecule has 0 amide bonds. The number of nitrogens with one attached hydrogen (secondary N) is 1. The molecule has 1 atom stereocenters. The Morgan fingerprint density at radius 1 is 1.57 bits per heavy atom. The third-order valence-electron chi connectivity index (χ3n) is 0.846. The summed E-state index contributed by atoms with van der Waals surface area (Å²) in [6.45, 7) is 3.88. The van der Waals surface area contributed by atoms with Gasteiger partial charge in [0.15, 0.2) is 0 Å². The number of terminal acetylenes is 1. The summed E-state index contributed by atoms with van der Waals surface area (Å²) in [5.74, 6) is 2.63. The van der Waals surface area contributed by atoms with Crippen LogP contribution in [0.4, 0.5) is 0 Å². The summed E-state index contributed by atoms with van der Waals surface area (Å²) in [5, 5.41) is 0. The van der Waals surface area contributed by atoms with Crippen molar-refractivity contribution in [2.45, 2.75) is 19.9 Å². The minimum atomic E-state index is -0.319. The van der Waals surface area contributed by atoms with Crippen LogP contribution in [0.15, 0.2) is 0 Å². The molecule has 0 aliphatic heterocycles. The fourth-order valence-electron chi connectivity index (χ4n) is 0.192. The molecular weight excluding hydrogens is 86.1 g/mol. The zero-order valence-electron chi connectivity index (χ0n) is 4.73. The van der Waals surface area contributed by atoms with Gasteiger partial charge in [0.1, 0.15) is 0 Å². The van der Waals surface area contributed by atoms with Crippen LogP contribution in [0.2, 0.25) is 0 Å². The van der Waals surface area contributed by atoms with Crippen molar-refractivity contribution in [3.63, 3.8) is 0 Å². The van der Waals surface area contributed by atoms with Crippen LogP contribution in [0, 0.1) is 18.3 Å². The third kappa shape index (κ3) is 2.24. The summed E-state index contributed by atoms with van der Waals surface area (Å²) in [4.78, 5) is 0. The third-order valence-corrected chi connectivity index (χ3v) is 0.846. The highest BCUT2D eigenvalue weighted by Gasteiger charge is 2.00. The predicted molar refractivity (Wildman–Crippen MR) is 30.6 cm³/mol. The molecule has 0 rings (SSSR count). The second-order valence-electron chi connectivity index (χ2n) is 1.89. The molecule has 0 fully saturated rings. The van der Waals surface area contributed by atoms with E-state index in [2.05, 4.69) is 5.92 Å². The van der Waals surface area contributed by atoms with Gasteiger partial charge in [0.05, 0.1) is 6.04 Å². The molecule has 7 heavy (non-hydrogen) atoms. The molecule has 0 aromatic carbocycles. The van der Waals surface area contributed by atoms with Crippen LogP contribution in [0.3, 0.4) is 0 Å². The maximum Gasteiger partial charge on any atom is 0.0840 e. The molecule has 0 aliphatic carbocycles. The van der Waals surface area contributed by atoms with Crippen LogP contribution in [-0.2, 0) is 0 Å². The standard InChI is InChI=1S/C6H10N/c1-4-6(7)5(2)3/h1,5-7H,2-3H3. The van der Waals surface area contributed by atoms with Crippen molar-refractivity contribution in [1.82, 2.24) is 5.73 Å². The lowest BCUT2D eigenvalue weighted by molar-refractivity contribution is 0.572. The predicted octanol–water partition coefficient (Wildman–Crippen LogP) is 0.927. The summed E-state index contributed by atoms with van der Waals surface area (Å²) in [6, 6.07) is -0.319. The first-order valence-corrected chi connectivity index (χ1v) is 2.35. The van der Waals surface area contributed by atoms with Crippen LogP contribution in [0.1, 0.15) is 13.8 Å². The Morgan fingerprint density at radius 3 is 2.00 bits per heavy atom. The zero-order chi connectivity index (χ0) is 5.86. The average molecular weight is 96.2 g/mol. The quantitative estimate of drug-likeness (QED) is 0.434. The summed E-state index contributed by atoms with van der Waals surface area (Å²) in [6.07, 6.45) is 4.94. The van der Waals surface area contributed by atoms with Gasteiger partial charge in [0.2, 0.25) is 0 Å². The average Bonchev–Trinajstić information content (AvgIpc) is 1.65. The first-order chi connectivity index (χ1) is 3.18. The Labute approximate surface area is 44.9 Å². The van der Waals surface area contributed by atoms with Gasteiger partial charge < -0.3 is 0 Å². The molecule has 0 spiro atoms. The van der Waals surface area contributed by atoms with Gasteiger partial charge in [-0.1, -0.05) is 19.8 Å². The van der Waals surface area contributed by atoms with Gasteiger partial charge in [0, 0.05) is 0 Å². The van der Waals surface area contributed by atoms with E-state index in [1.807, 2.05) is 13.8 Å². The topological polar surface area (TPSA) is 23.8 Å². The van der Waals surface area contributed by atoms with Crippen molar-refractivity contribution in [3.8, 4) is 12.3 Å². The summed E-state index contributed by atoms with van der Waals surface area (Å²) in [7, 11) is 0. The number of hydrogen-bond donors (Lipinski definition) is 0. The fraction of sp³-hybridized carbons (Fsp3) is 0.667. The molecule has 1 N–H and O–H groups in total. The summed E-state index contributed by atoms with van der Waals surface area (Å²) < 4.78 is 0. The van der Waals surface area contributed by atoms with E-state index in [9.17, 15) is 0 Å². The first-order valence-electron chi connectivity index (χ1n) is 2.35. The van der Waals surface area contributed by atoms with Crippen LogP contribution < -0.4 is 5.73 Å². The number of hydrogen-bond acceptors (Lipinski definition) is 0. The second-order valence-corrected chi connectivity index (χ2v) is 1.89. The maximum atomic E-state index is 7.04. The molecule has 39 valence electrons. The molecule has 0 bridgehead atoms. The van der Waals surface area contributed by atoms with E-state index in [1.165, 1.54) is 0 Å². The molecule has 0 heterocycles. The van der Waals surface area contributed by atoms with Gasteiger partial charge in [-0.25, -0.2) is 5.73 Å². The highest BCUT2D eigenvalue weighted by atomic mass is 14.6. The molecule has 0 saturated carbocycles. The highest BCUT2D eigenvalue weighted by molar-refractivity contribution is 4.97. The van der Waals surface area contributed by atoms with Gasteiger partial charge in [-0.15, -0.1) is 6.42 Å². The largest absolute Gasteiger partial charge is 0.241 e. The number of rotatable bonds is 1. The Morgan fingerprint density at radius 2 is 2.00 bits per heavy atom. The van der Waals surface area contributed by atoms with E-state index >= 15 is 0 Å². The zero-order valence-corrected chi connectivity index (χ0v) is 4.73. The Balaban J connectivity index is 3.40. The van der Waals surface area contributed by atoms with Gasteiger partial charge in [-0.05, 0) is 5.92 Å². The van der Waals surface area contributed by atoms with Crippen molar-refractivity contribution in [2.24, 2.45) is 5.92 Å². The second kappa shape index (κ2) is 2.65. The minimum absolute atomic E-state index is 0.296. The van der Waals surface area contributed by atoms with E-state index in [-0.39, 0.29) is 6.04 Å². The molecule has 1 unspecified atom stereocenters. The molecule has 0 aliphatic rings. The maximum absolute atomic E-state index is 7.04. The lowest BCUT2D eigenvalue weighted by Gasteiger charge is -2.03.